The molecule has 124 valence electrons. The Hall–Kier alpha value is -1.90. The minimum absolute atomic E-state index is 0.0155. The Bertz CT molecular complexity index is 717. The van der Waals surface area contributed by atoms with Gasteiger partial charge in [0.1, 0.15) is 0 Å². The van der Waals surface area contributed by atoms with Crippen LogP contribution in [-0.4, -0.2) is 38.2 Å². The van der Waals surface area contributed by atoms with Crippen LogP contribution >= 0.6 is 0 Å². The molecule has 0 N–H and O–H groups in total. The van der Waals surface area contributed by atoms with Crippen LogP contribution in [0.15, 0.2) is 60.7 Å². The summed E-state index contributed by atoms with van der Waals surface area (Å²) in [5, 5.41) is 0. The predicted molar refractivity (Wildman–Crippen MR) is 96.4 cm³/mol. The van der Waals surface area contributed by atoms with E-state index < -0.39 is 0 Å². The molecule has 2 aromatic carbocycles. The second kappa shape index (κ2) is 7.33. The Morgan fingerprint density at radius 1 is 1.00 bits per heavy atom. The van der Waals surface area contributed by atoms with Crippen LogP contribution in [0.5, 0.6) is 0 Å². The molecule has 3 rings (SSSR count). The molecule has 1 aliphatic rings. The average Bonchev–Trinajstić information content (AvgIpc) is 2.63. The van der Waals surface area contributed by atoms with Crippen molar-refractivity contribution in [1.29, 1.82) is 0 Å². The molecule has 0 aliphatic carbocycles. The third kappa shape index (κ3) is 3.45. The molecule has 3 unspecified atom stereocenters. The quantitative estimate of drug-likeness (QED) is 0.601. The molecule has 0 saturated carbocycles. The standard InChI is InChI=1S/C20H21NO2Se/c1-14-13-21(19(22)16-9-5-3-6-10-16)20(23)18(15(14)2)24-17-11-7-4-8-12-17/h3-12,14-15,18H,13H2,1-2H3. The summed E-state index contributed by atoms with van der Waals surface area (Å²) >= 11 is 0.0294. The van der Waals surface area contributed by atoms with Crippen LogP contribution in [0.2, 0.25) is 4.82 Å². The summed E-state index contributed by atoms with van der Waals surface area (Å²) in [6.45, 7) is 4.79. The molecule has 1 aliphatic heterocycles. The number of hydrogen-bond acceptors (Lipinski definition) is 2. The van der Waals surface area contributed by atoms with Gasteiger partial charge in [0, 0.05) is 0 Å². The van der Waals surface area contributed by atoms with Crippen LogP contribution in [0.25, 0.3) is 0 Å². The predicted octanol–water partition coefficient (Wildman–Crippen LogP) is 2.76. The molecule has 3 nitrogen and oxygen atoms in total. The molecule has 2 aromatic rings. The molecule has 1 saturated heterocycles. The molecule has 0 radical (unpaired) electrons. The molecular weight excluding hydrogens is 365 g/mol. The summed E-state index contributed by atoms with van der Waals surface area (Å²) in [6, 6.07) is 19.2. The van der Waals surface area contributed by atoms with Crippen molar-refractivity contribution in [3.63, 3.8) is 0 Å². The van der Waals surface area contributed by atoms with Gasteiger partial charge in [-0.3, -0.25) is 0 Å². The molecule has 24 heavy (non-hydrogen) atoms. The summed E-state index contributed by atoms with van der Waals surface area (Å²) in [5.74, 6) is 0.412. The van der Waals surface area contributed by atoms with Crippen LogP contribution in [0.1, 0.15) is 24.2 Å². The van der Waals surface area contributed by atoms with Gasteiger partial charge in [-0.25, -0.2) is 0 Å². The van der Waals surface area contributed by atoms with Gasteiger partial charge in [0.15, 0.2) is 0 Å². The van der Waals surface area contributed by atoms with Crippen molar-refractivity contribution < 1.29 is 9.59 Å². The van der Waals surface area contributed by atoms with Crippen LogP contribution in [0.4, 0.5) is 0 Å². The maximum atomic E-state index is 13.0. The van der Waals surface area contributed by atoms with E-state index in [-0.39, 0.29) is 37.5 Å². The monoisotopic (exact) mass is 387 g/mol. The van der Waals surface area contributed by atoms with E-state index >= 15 is 0 Å². The zero-order valence-corrected chi connectivity index (χ0v) is 15.6. The average molecular weight is 386 g/mol. The van der Waals surface area contributed by atoms with E-state index in [2.05, 4.69) is 26.0 Å². The van der Waals surface area contributed by atoms with Gasteiger partial charge in [0.2, 0.25) is 0 Å². The summed E-state index contributed by atoms with van der Waals surface area (Å²) in [7, 11) is 0. The summed E-state index contributed by atoms with van der Waals surface area (Å²) in [6.07, 6.45) is 0. The number of carbonyl (C=O) groups is 2. The van der Waals surface area contributed by atoms with Gasteiger partial charge in [0.25, 0.3) is 0 Å². The van der Waals surface area contributed by atoms with Gasteiger partial charge in [0.05, 0.1) is 0 Å². The number of imide groups is 1. The number of rotatable bonds is 3. The molecule has 2 amide bonds. The van der Waals surface area contributed by atoms with Gasteiger partial charge in [-0.05, 0) is 0 Å². The third-order valence-corrected chi connectivity index (χ3v) is 7.63. The van der Waals surface area contributed by atoms with Crippen LogP contribution in [-0.2, 0) is 4.79 Å². The molecule has 1 fully saturated rings. The first kappa shape index (κ1) is 16.9. The van der Waals surface area contributed by atoms with Crippen LogP contribution in [0.3, 0.4) is 0 Å². The fourth-order valence-electron chi connectivity index (χ4n) is 2.94. The first-order chi connectivity index (χ1) is 11.6. The van der Waals surface area contributed by atoms with E-state index in [0.29, 0.717) is 18.0 Å². The summed E-state index contributed by atoms with van der Waals surface area (Å²) in [4.78, 5) is 27.2. The summed E-state index contributed by atoms with van der Waals surface area (Å²) in [5.41, 5.74) is 0.582. The van der Waals surface area contributed by atoms with E-state index in [9.17, 15) is 9.59 Å². The molecule has 1 heterocycles. The van der Waals surface area contributed by atoms with E-state index in [1.807, 2.05) is 36.4 Å². The Morgan fingerprint density at radius 2 is 1.58 bits per heavy atom. The fraction of sp³-hybridized carbons (Fsp3) is 0.300. The Morgan fingerprint density at radius 3 is 2.21 bits per heavy atom. The van der Waals surface area contributed by atoms with Gasteiger partial charge >= 0.3 is 149 Å². The van der Waals surface area contributed by atoms with Crippen LogP contribution in [0, 0.1) is 11.8 Å². The molecule has 0 spiro atoms. The second-order valence-corrected chi connectivity index (χ2v) is 8.86. The zero-order valence-electron chi connectivity index (χ0n) is 13.9. The maximum absolute atomic E-state index is 13.0. The van der Waals surface area contributed by atoms with Gasteiger partial charge in [-0.1, -0.05) is 0 Å². The topological polar surface area (TPSA) is 37.4 Å². The number of hydrogen-bond donors (Lipinski definition) is 0. The third-order valence-electron chi connectivity index (χ3n) is 4.63. The van der Waals surface area contributed by atoms with Crippen molar-refractivity contribution in [2.75, 3.05) is 6.54 Å². The SMILES string of the molecule is CC1CN(C(=O)c2ccccc2)C(=O)C([Se]c2ccccc2)C1C. The minimum atomic E-state index is -0.173. The molecule has 3 atom stereocenters. The second-order valence-electron chi connectivity index (χ2n) is 6.31. The molecule has 4 heteroatoms. The molecular formula is C20H21NO2Se. The van der Waals surface area contributed by atoms with Crippen LogP contribution < -0.4 is 4.46 Å². The number of benzene rings is 2. The molecule has 0 aromatic heterocycles. The van der Waals surface area contributed by atoms with E-state index in [0.717, 1.165) is 0 Å². The number of amides is 2. The normalized spacial score (nSPS) is 24.0. The number of likely N-dealkylation sites (tertiary alicyclic amines) is 1. The number of carbonyl (C=O) groups excluding carboxylic acids is 2. The Labute approximate surface area is 149 Å². The van der Waals surface area contributed by atoms with Gasteiger partial charge in [-0.15, -0.1) is 0 Å². The zero-order chi connectivity index (χ0) is 17.1. The van der Waals surface area contributed by atoms with Crippen molar-refractivity contribution in [3.8, 4) is 0 Å². The van der Waals surface area contributed by atoms with E-state index in [1.165, 1.54) is 9.36 Å². The fourth-order valence-corrected chi connectivity index (χ4v) is 5.71. The Balaban J connectivity index is 1.84. The van der Waals surface area contributed by atoms with Crippen molar-refractivity contribution >= 4 is 31.2 Å². The van der Waals surface area contributed by atoms with Gasteiger partial charge < -0.3 is 0 Å². The first-order valence-corrected chi connectivity index (χ1v) is 10.0. The number of nitrogens with zero attached hydrogens (tertiary/aromatic N) is 1. The van der Waals surface area contributed by atoms with Gasteiger partial charge in [-0.2, -0.15) is 0 Å². The van der Waals surface area contributed by atoms with E-state index in [4.69, 9.17) is 0 Å². The Kier molecular flexibility index (Phi) is 5.17. The van der Waals surface area contributed by atoms with E-state index in [1.54, 1.807) is 12.1 Å². The van der Waals surface area contributed by atoms with Crippen molar-refractivity contribution in [2.24, 2.45) is 11.8 Å². The molecule has 0 bridgehead atoms. The van der Waals surface area contributed by atoms with Crippen molar-refractivity contribution in [1.82, 2.24) is 4.90 Å². The first-order valence-electron chi connectivity index (χ1n) is 8.20. The summed E-state index contributed by atoms with van der Waals surface area (Å²) < 4.78 is 1.21. The van der Waals surface area contributed by atoms with Crippen molar-refractivity contribution in [3.05, 3.63) is 66.2 Å². The van der Waals surface area contributed by atoms with Crippen molar-refractivity contribution in [2.45, 2.75) is 18.7 Å². The number of piperidine rings is 1.